The Kier molecular flexibility index (Phi) is 5.85. The number of ether oxygens (including phenoxy) is 1. The van der Waals surface area contributed by atoms with Gasteiger partial charge in [0, 0.05) is 12.2 Å². The highest BCUT2D eigenvalue weighted by molar-refractivity contribution is 7.92. The minimum Gasteiger partial charge on any atom is -0.497 e. The molecule has 3 rings (SSSR count). The van der Waals surface area contributed by atoms with Gasteiger partial charge in [-0.1, -0.05) is 12.1 Å². The molecule has 0 spiro atoms. The Balaban J connectivity index is 1.81. The fraction of sp³-hybridized carbons (Fsp3) is 0.368. The van der Waals surface area contributed by atoms with E-state index in [1.54, 1.807) is 49.4 Å². The van der Waals surface area contributed by atoms with E-state index in [1.165, 1.54) is 11.4 Å². The predicted octanol–water partition coefficient (Wildman–Crippen LogP) is 2.74. The molecule has 1 heterocycles. The molecule has 1 aliphatic heterocycles. The molecular formula is C19H24N2O5S2. The summed E-state index contributed by atoms with van der Waals surface area (Å²) in [5.74, 6) is 0.442. The molecule has 0 bridgehead atoms. The van der Waals surface area contributed by atoms with Crippen LogP contribution in [0.25, 0.3) is 0 Å². The predicted molar refractivity (Wildman–Crippen MR) is 111 cm³/mol. The van der Waals surface area contributed by atoms with E-state index in [0.29, 0.717) is 42.1 Å². The van der Waals surface area contributed by atoms with Crippen molar-refractivity contribution >= 4 is 31.4 Å². The first-order valence-electron chi connectivity index (χ1n) is 9.01. The molecule has 0 radical (unpaired) electrons. The highest BCUT2D eigenvalue weighted by Gasteiger charge is 2.26. The highest BCUT2D eigenvalue weighted by atomic mass is 32.2. The van der Waals surface area contributed by atoms with Gasteiger partial charge in [0.05, 0.1) is 24.3 Å². The summed E-state index contributed by atoms with van der Waals surface area (Å²) >= 11 is 0. The molecule has 0 unspecified atom stereocenters. The summed E-state index contributed by atoms with van der Waals surface area (Å²) in [7, 11) is -5.44. The van der Waals surface area contributed by atoms with Crippen LogP contribution in [0, 0.1) is 0 Å². The van der Waals surface area contributed by atoms with Gasteiger partial charge in [0.1, 0.15) is 5.75 Å². The zero-order valence-electron chi connectivity index (χ0n) is 15.9. The van der Waals surface area contributed by atoms with Crippen molar-refractivity contribution in [3.05, 3.63) is 53.6 Å². The smallest absolute Gasteiger partial charge is 0.236 e. The minimum atomic E-state index is -3.62. The molecule has 7 nitrogen and oxygen atoms in total. The fourth-order valence-corrected chi connectivity index (χ4v) is 5.64. The number of hydrogen-bond donors (Lipinski definition) is 1. The number of aryl methyl sites for hydroxylation is 1. The van der Waals surface area contributed by atoms with Gasteiger partial charge >= 0.3 is 0 Å². The molecule has 0 atom stereocenters. The van der Waals surface area contributed by atoms with E-state index in [9.17, 15) is 16.8 Å². The van der Waals surface area contributed by atoms with Crippen molar-refractivity contribution < 1.29 is 21.6 Å². The first-order chi connectivity index (χ1) is 13.2. The van der Waals surface area contributed by atoms with Gasteiger partial charge < -0.3 is 4.74 Å². The topological polar surface area (TPSA) is 92.8 Å². The number of fused-ring (bicyclic) bond motifs is 1. The second kappa shape index (κ2) is 8.00. The monoisotopic (exact) mass is 424 g/mol. The van der Waals surface area contributed by atoms with E-state index in [2.05, 4.69) is 4.72 Å². The molecule has 0 fully saturated rings. The molecule has 2 aromatic carbocycles. The van der Waals surface area contributed by atoms with Crippen molar-refractivity contribution in [2.45, 2.75) is 25.5 Å². The standard InChI is InChI=1S/C19H24N2O5S2/c1-3-28(24,25)21-11-5-7-16-13-17(9-10-19(16)21)20-27(22,23)14-15-6-4-8-18(12-15)26-2/h4,6,8-10,12-13,20H,3,5,7,11,14H2,1-2H3. The first-order valence-corrected chi connectivity index (χ1v) is 12.3. The molecule has 9 heteroatoms. The Bertz CT molecular complexity index is 1070. The Morgan fingerprint density at radius 2 is 1.89 bits per heavy atom. The lowest BCUT2D eigenvalue weighted by Crippen LogP contribution is -2.36. The van der Waals surface area contributed by atoms with Crippen molar-refractivity contribution in [3.8, 4) is 5.75 Å². The summed E-state index contributed by atoms with van der Waals surface area (Å²) in [5, 5.41) is 0. The Morgan fingerprint density at radius 3 is 2.61 bits per heavy atom. The summed E-state index contributed by atoms with van der Waals surface area (Å²) < 4.78 is 58.8. The maximum atomic E-state index is 12.5. The maximum absolute atomic E-state index is 12.5. The van der Waals surface area contributed by atoms with Crippen molar-refractivity contribution in [1.29, 1.82) is 0 Å². The van der Waals surface area contributed by atoms with Crippen LogP contribution in [0.2, 0.25) is 0 Å². The third-order valence-electron chi connectivity index (χ3n) is 4.62. The van der Waals surface area contributed by atoms with Crippen molar-refractivity contribution in [3.63, 3.8) is 0 Å². The summed E-state index contributed by atoms with van der Waals surface area (Å²) in [6.45, 7) is 2.06. The van der Waals surface area contributed by atoms with Gasteiger partial charge in [-0.3, -0.25) is 9.03 Å². The van der Waals surface area contributed by atoms with Gasteiger partial charge in [-0.25, -0.2) is 16.8 Å². The number of nitrogens with zero attached hydrogens (tertiary/aromatic N) is 1. The third-order valence-corrected chi connectivity index (χ3v) is 7.66. The molecule has 0 amide bonds. The van der Waals surface area contributed by atoms with Gasteiger partial charge in [-0.15, -0.1) is 0 Å². The normalized spacial score (nSPS) is 14.4. The molecule has 28 heavy (non-hydrogen) atoms. The molecule has 2 aromatic rings. The molecule has 1 aliphatic rings. The van der Waals surface area contributed by atoms with Crippen molar-refractivity contribution in [2.75, 3.05) is 28.4 Å². The van der Waals surface area contributed by atoms with Gasteiger partial charge in [-0.05, 0) is 61.2 Å². The van der Waals surface area contributed by atoms with Crippen LogP contribution in [-0.2, 0) is 32.2 Å². The third kappa shape index (κ3) is 4.59. The zero-order chi connectivity index (χ0) is 20.4. The number of rotatable bonds is 7. The van der Waals surface area contributed by atoms with Gasteiger partial charge in [0.25, 0.3) is 0 Å². The van der Waals surface area contributed by atoms with E-state index in [1.807, 2.05) is 0 Å². The lowest BCUT2D eigenvalue weighted by atomic mass is 10.0. The van der Waals surface area contributed by atoms with E-state index in [4.69, 9.17) is 4.74 Å². The van der Waals surface area contributed by atoms with Crippen LogP contribution in [0.5, 0.6) is 5.75 Å². The van der Waals surface area contributed by atoms with Crippen LogP contribution >= 0.6 is 0 Å². The molecule has 0 aromatic heterocycles. The molecule has 0 saturated heterocycles. The maximum Gasteiger partial charge on any atom is 0.236 e. The zero-order valence-corrected chi connectivity index (χ0v) is 17.5. The number of benzene rings is 2. The van der Waals surface area contributed by atoms with Crippen LogP contribution in [-0.4, -0.2) is 36.2 Å². The van der Waals surface area contributed by atoms with Crippen molar-refractivity contribution in [2.24, 2.45) is 0 Å². The largest absolute Gasteiger partial charge is 0.497 e. The molecule has 0 saturated carbocycles. The molecule has 1 N–H and O–H groups in total. The number of nitrogens with one attached hydrogen (secondary N) is 1. The highest BCUT2D eigenvalue weighted by Crippen LogP contribution is 2.32. The Morgan fingerprint density at radius 1 is 1.11 bits per heavy atom. The number of hydrogen-bond acceptors (Lipinski definition) is 5. The number of sulfonamides is 2. The lowest BCUT2D eigenvalue weighted by molar-refractivity contribution is 0.414. The molecule has 152 valence electrons. The second-order valence-corrected chi connectivity index (χ2v) is 10.5. The van der Waals surface area contributed by atoms with Crippen LogP contribution in [0.3, 0.4) is 0 Å². The average Bonchev–Trinajstić information content (AvgIpc) is 2.66. The Hall–Kier alpha value is -2.26. The van der Waals surface area contributed by atoms with Gasteiger partial charge in [0.15, 0.2) is 0 Å². The van der Waals surface area contributed by atoms with Gasteiger partial charge in [0.2, 0.25) is 20.0 Å². The number of anilines is 2. The average molecular weight is 425 g/mol. The SMILES string of the molecule is CCS(=O)(=O)N1CCCc2cc(NS(=O)(=O)Cc3cccc(OC)c3)ccc21. The van der Waals surface area contributed by atoms with Crippen LogP contribution < -0.4 is 13.8 Å². The van der Waals surface area contributed by atoms with Crippen molar-refractivity contribution in [1.82, 2.24) is 0 Å². The molecule has 0 aliphatic carbocycles. The minimum absolute atomic E-state index is 0.0291. The Labute approximate surface area is 166 Å². The van der Waals surface area contributed by atoms with E-state index < -0.39 is 20.0 Å². The van der Waals surface area contributed by atoms with Crippen LogP contribution in [0.1, 0.15) is 24.5 Å². The van der Waals surface area contributed by atoms with E-state index in [0.717, 1.165) is 5.56 Å². The second-order valence-electron chi connectivity index (χ2n) is 6.63. The van der Waals surface area contributed by atoms with Crippen LogP contribution in [0.4, 0.5) is 11.4 Å². The summed E-state index contributed by atoms with van der Waals surface area (Å²) in [6.07, 6.45) is 1.41. The summed E-state index contributed by atoms with van der Waals surface area (Å²) in [5.41, 5.74) is 2.50. The summed E-state index contributed by atoms with van der Waals surface area (Å²) in [4.78, 5) is 0. The fourth-order valence-electron chi connectivity index (χ4n) is 3.27. The molecular weight excluding hydrogens is 400 g/mol. The summed E-state index contributed by atoms with van der Waals surface area (Å²) in [6, 6.07) is 11.9. The van der Waals surface area contributed by atoms with E-state index >= 15 is 0 Å². The first kappa shape index (κ1) is 20.5. The van der Waals surface area contributed by atoms with E-state index in [-0.39, 0.29) is 11.5 Å². The number of methoxy groups -OCH3 is 1. The van der Waals surface area contributed by atoms with Gasteiger partial charge in [-0.2, -0.15) is 0 Å². The van der Waals surface area contributed by atoms with Crippen LogP contribution in [0.15, 0.2) is 42.5 Å². The quantitative estimate of drug-likeness (QED) is 0.738. The lowest BCUT2D eigenvalue weighted by Gasteiger charge is -2.30.